The lowest BCUT2D eigenvalue weighted by Crippen LogP contribution is -2.10. The van der Waals surface area contributed by atoms with Crippen LogP contribution < -0.4 is 9.80 Å². The van der Waals surface area contributed by atoms with Gasteiger partial charge in [-0.15, -0.1) is 9.97 Å². The van der Waals surface area contributed by atoms with E-state index < -0.39 is 0 Å². The molecule has 0 spiro atoms. The molecule has 0 fully saturated rings. The Morgan fingerprint density at radius 2 is 0.391 bits per heavy atom. The van der Waals surface area contributed by atoms with Crippen LogP contribution in [0.1, 0.15) is 22.8 Å². The van der Waals surface area contributed by atoms with Gasteiger partial charge in [0.15, 0.2) is 22.8 Å². The molecule has 0 unspecified atom stereocenters. The summed E-state index contributed by atoms with van der Waals surface area (Å²) >= 11 is 0. The third-order valence-electron chi connectivity index (χ3n) is 15.5. The Morgan fingerprint density at radius 3 is 0.554 bits per heavy atom. The van der Waals surface area contributed by atoms with Crippen molar-refractivity contribution in [3.05, 3.63) is 313 Å². The SMILES string of the molecule is [C-]#[N+]c1nc2c3nc(C#N)c(C#N)nc3c3nc(C#N)c(C#N)nc3c2nc1[N+]#[C-].c1ccc(-c2ccc(N(c3ccc(-c4ccccc4)cc3)c3ccc(-c4ccc(N(c5ccc(-c6ccccc6)cc5)c5ccc(-c6ccccc6)cc5)cc4)cc3)cc2)cc1. The second-order valence-corrected chi connectivity index (χ2v) is 20.9. The van der Waals surface area contributed by atoms with Gasteiger partial charge in [-0.2, -0.15) is 21.0 Å². The molecule has 0 saturated heterocycles. The van der Waals surface area contributed by atoms with Gasteiger partial charge in [-0.1, -0.05) is 207 Å². The molecule has 0 atom stereocenters. The smallest absolute Gasteiger partial charge is 0.294 e. The summed E-state index contributed by atoms with van der Waals surface area (Å²) in [4.78, 5) is 35.8. The molecule has 0 aliphatic carbocycles. The predicted molar refractivity (Wildman–Crippen MR) is 360 cm³/mol. The third kappa shape index (κ3) is 11.4. The number of benzene rings is 11. The van der Waals surface area contributed by atoms with Gasteiger partial charge in [0.05, 0.1) is 0 Å². The van der Waals surface area contributed by atoms with Crippen molar-refractivity contribution in [2.24, 2.45) is 0 Å². The molecule has 426 valence electrons. The van der Waals surface area contributed by atoms with Gasteiger partial charge in [0.2, 0.25) is 11.0 Å². The van der Waals surface area contributed by atoms with Gasteiger partial charge < -0.3 is 19.5 Å². The molecule has 0 radical (unpaired) electrons. The lowest BCUT2D eigenvalue weighted by molar-refractivity contribution is 1.17. The van der Waals surface area contributed by atoms with Crippen LogP contribution in [0.3, 0.4) is 0 Å². The number of anilines is 6. The van der Waals surface area contributed by atoms with Crippen molar-refractivity contribution < 1.29 is 0 Å². The van der Waals surface area contributed by atoms with Crippen molar-refractivity contribution in [2.45, 2.75) is 0 Å². The fourth-order valence-corrected chi connectivity index (χ4v) is 11.0. The highest BCUT2D eigenvalue weighted by atomic mass is 15.1. The van der Waals surface area contributed by atoms with E-state index in [0.717, 1.165) is 45.3 Å². The van der Waals surface area contributed by atoms with E-state index in [9.17, 15) is 21.0 Å². The zero-order chi connectivity index (χ0) is 62.9. The summed E-state index contributed by atoms with van der Waals surface area (Å²) in [6.07, 6.45) is 0. The zero-order valence-corrected chi connectivity index (χ0v) is 48.7. The van der Waals surface area contributed by atoms with Gasteiger partial charge >= 0.3 is 0 Å². The molecular formula is C78H44N14. The first kappa shape index (κ1) is 57.1. The molecule has 0 amide bonds. The summed E-state index contributed by atoms with van der Waals surface area (Å²) in [5, 5.41) is 37.2. The molecule has 14 aromatic rings. The van der Waals surface area contributed by atoms with Crippen molar-refractivity contribution in [3.8, 4) is 79.9 Å². The highest BCUT2D eigenvalue weighted by Crippen LogP contribution is 2.41. The van der Waals surface area contributed by atoms with Gasteiger partial charge in [-0.3, -0.25) is 0 Å². The molecule has 14 heteroatoms. The lowest BCUT2D eigenvalue weighted by atomic mass is 10.0. The maximum absolute atomic E-state index is 9.29. The Labute approximate surface area is 529 Å². The van der Waals surface area contributed by atoms with Crippen LogP contribution in [0, 0.1) is 58.5 Å². The summed E-state index contributed by atoms with van der Waals surface area (Å²) < 4.78 is 0. The lowest BCUT2D eigenvalue weighted by Gasteiger charge is -2.27. The molecule has 0 N–H and O–H groups in total. The van der Waals surface area contributed by atoms with Crippen LogP contribution in [0.5, 0.6) is 0 Å². The summed E-state index contributed by atoms with van der Waals surface area (Å²) in [5.74, 6) is -0.602. The quantitative estimate of drug-likeness (QED) is 0.0882. The van der Waals surface area contributed by atoms with E-state index in [-0.39, 0.29) is 67.5 Å². The average Bonchev–Trinajstić information content (AvgIpc) is 0.739. The molecular weight excluding hydrogens is 1130 g/mol. The van der Waals surface area contributed by atoms with Crippen LogP contribution in [-0.4, -0.2) is 29.9 Å². The number of hydrogen-bond acceptors (Lipinski definition) is 12. The molecule has 3 aromatic heterocycles. The highest BCUT2D eigenvalue weighted by Gasteiger charge is 2.27. The molecule has 0 saturated carbocycles. The molecule has 3 heterocycles. The maximum Gasteiger partial charge on any atom is 0.294 e. The summed E-state index contributed by atoms with van der Waals surface area (Å²) in [6.45, 7) is 14.5. The average molecular weight is 1180 g/mol. The van der Waals surface area contributed by atoms with E-state index in [4.69, 9.17) is 13.1 Å². The van der Waals surface area contributed by atoms with E-state index in [2.05, 4.69) is 316 Å². The monoisotopic (exact) mass is 1180 g/mol. The number of nitrogens with zero attached hydrogens (tertiary/aromatic N) is 14. The predicted octanol–water partition coefficient (Wildman–Crippen LogP) is 19.1. The topological polar surface area (TPSA) is 188 Å². The van der Waals surface area contributed by atoms with Crippen molar-refractivity contribution >= 4 is 78.9 Å². The third-order valence-corrected chi connectivity index (χ3v) is 15.5. The van der Waals surface area contributed by atoms with Crippen LogP contribution in [0.4, 0.5) is 45.8 Å². The number of nitriles is 4. The minimum Gasteiger partial charge on any atom is -0.370 e. The first-order chi connectivity index (χ1) is 45.3. The largest absolute Gasteiger partial charge is 0.370 e. The number of rotatable bonds is 11. The molecule has 11 aromatic carbocycles. The Bertz CT molecular complexity index is 4600. The Kier molecular flexibility index (Phi) is 15.8. The maximum atomic E-state index is 9.29. The second kappa shape index (κ2) is 25.5. The first-order valence-corrected chi connectivity index (χ1v) is 28.9. The number of hydrogen-bond donors (Lipinski definition) is 0. The molecule has 0 aliphatic rings. The van der Waals surface area contributed by atoms with Crippen LogP contribution >= 0.6 is 0 Å². The van der Waals surface area contributed by atoms with Crippen molar-refractivity contribution in [1.82, 2.24) is 29.9 Å². The molecule has 0 aliphatic heterocycles. The van der Waals surface area contributed by atoms with Crippen molar-refractivity contribution in [3.63, 3.8) is 0 Å². The van der Waals surface area contributed by atoms with E-state index in [1.807, 2.05) is 0 Å². The fraction of sp³-hybridized carbons (Fsp3) is 0. The van der Waals surface area contributed by atoms with Gasteiger partial charge in [0.25, 0.3) is 11.6 Å². The van der Waals surface area contributed by atoms with Gasteiger partial charge in [-0.25, -0.2) is 19.9 Å². The fourth-order valence-electron chi connectivity index (χ4n) is 11.0. The Hall–Kier alpha value is -14.0. The van der Waals surface area contributed by atoms with E-state index in [1.54, 1.807) is 24.3 Å². The van der Waals surface area contributed by atoms with Gasteiger partial charge in [-0.05, 0) is 128 Å². The second-order valence-electron chi connectivity index (χ2n) is 20.9. The summed E-state index contributed by atoms with van der Waals surface area (Å²) in [7, 11) is 0. The van der Waals surface area contributed by atoms with Gasteiger partial charge in [0, 0.05) is 34.1 Å². The van der Waals surface area contributed by atoms with E-state index in [1.165, 1.54) is 44.5 Å². The normalized spacial score (nSPS) is 10.5. The minimum atomic E-state index is -0.301. The summed E-state index contributed by atoms with van der Waals surface area (Å²) in [6, 6.07) is 103. The highest BCUT2D eigenvalue weighted by molar-refractivity contribution is 6.19. The van der Waals surface area contributed by atoms with Crippen LogP contribution in [0.2, 0.25) is 0 Å². The van der Waals surface area contributed by atoms with Crippen LogP contribution in [0.15, 0.2) is 267 Å². The Balaban J connectivity index is 0.000000215. The molecule has 14 rings (SSSR count). The van der Waals surface area contributed by atoms with Crippen molar-refractivity contribution in [2.75, 3.05) is 9.80 Å². The van der Waals surface area contributed by atoms with Crippen LogP contribution in [-0.2, 0) is 0 Å². The summed E-state index contributed by atoms with van der Waals surface area (Å²) in [5.41, 5.74) is 17.3. The minimum absolute atomic E-state index is 0.00714. The molecule has 0 bridgehead atoms. The number of aromatic nitrogens is 6. The van der Waals surface area contributed by atoms with Gasteiger partial charge in [0.1, 0.15) is 46.3 Å². The Morgan fingerprint density at radius 1 is 0.228 bits per heavy atom. The standard InChI is InChI=1S/C60H44N2.C18N12/c1-5-13-45(14-6-1)49-21-33-55(34-22-49)61(56-35-23-50(24-36-56)46-15-7-2-8-16-46)59-41-29-53(30-42-59)54-31-43-60(44-32-54)62(57-37-25-51(26-38-57)47-17-9-3-10-18-47)58-39-27-52(28-40-58)48-19-11-4-12-20-48;1-23-17-18(24-2)30-16-14-12(26-8(4-20)10(6-22)28-14)11-13(15(16)29-17)27-9(5-21)7(3-19)25-11/h1-44H;. The number of fused-ring (bicyclic) bond motifs is 6. The zero-order valence-electron chi connectivity index (χ0n) is 48.7. The van der Waals surface area contributed by atoms with E-state index in [0.29, 0.717) is 0 Å². The molecule has 92 heavy (non-hydrogen) atoms. The molecule has 14 nitrogen and oxygen atoms in total. The van der Waals surface area contributed by atoms with E-state index >= 15 is 0 Å². The van der Waals surface area contributed by atoms with Crippen molar-refractivity contribution in [1.29, 1.82) is 21.0 Å². The first-order valence-electron chi connectivity index (χ1n) is 28.9. The van der Waals surface area contributed by atoms with Crippen LogP contribution in [0.25, 0.3) is 98.4 Å².